The van der Waals surface area contributed by atoms with Crippen LogP contribution in [-0.4, -0.2) is 33.9 Å². The van der Waals surface area contributed by atoms with Gasteiger partial charge in [-0.05, 0) is 37.8 Å². The number of anilines is 1. The molecule has 7 nitrogen and oxygen atoms in total. The zero-order valence-electron chi connectivity index (χ0n) is 13.8. The summed E-state index contributed by atoms with van der Waals surface area (Å²) in [7, 11) is 0. The van der Waals surface area contributed by atoms with Crippen LogP contribution in [0.2, 0.25) is 0 Å². The maximum atomic E-state index is 12.8. The second-order valence-corrected chi connectivity index (χ2v) is 6.56. The molecule has 0 amide bonds. The van der Waals surface area contributed by atoms with Crippen LogP contribution in [0.3, 0.4) is 0 Å². The first-order chi connectivity index (χ1) is 11.6. The van der Waals surface area contributed by atoms with Crippen molar-refractivity contribution in [3.8, 4) is 0 Å². The van der Waals surface area contributed by atoms with Crippen molar-refractivity contribution >= 4 is 23.0 Å². The van der Waals surface area contributed by atoms with Gasteiger partial charge >= 0.3 is 0 Å². The molecule has 1 fully saturated rings. The van der Waals surface area contributed by atoms with Crippen molar-refractivity contribution in [2.75, 3.05) is 18.0 Å². The lowest BCUT2D eigenvalue weighted by Crippen LogP contribution is -2.22. The second kappa shape index (κ2) is 5.51. The Balaban J connectivity index is 1.87. The lowest BCUT2D eigenvalue weighted by Gasteiger charge is -2.19. The molecule has 1 aromatic heterocycles. The van der Waals surface area contributed by atoms with E-state index in [9.17, 15) is 9.59 Å². The van der Waals surface area contributed by atoms with Gasteiger partial charge in [0, 0.05) is 32.3 Å². The quantitative estimate of drug-likeness (QED) is 0.824. The number of fused-ring (bicyclic) bond motifs is 1. The normalized spacial score (nSPS) is 22.1. The van der Waals surface area contributed by atoms with E-state index >= 15 is 0 Å². The van der Waals surface area contributed by atoms with Crippen molar-refractivity contribution in [2.45, 2.75) is 39.3 Å². The molecule has 0 unspecified atom stereocenters. The number of carbonyl (C=O) groups excluding carboxylic acids is 1. The van der Waals surface area contributed by atoms with E-state index in [0.29, 0.717) is 22.7 Å². The Labute approximate surface area is 139 Å². The summed E-state index contributed by atoms with van der Waals surface area (Å²) < 4.78 is 3.83. The number of nitrogens with two attached hydrogens (primary N) is 1. The van der Waals surface area contributed by atoms with E-state index in [1.165, 1.54) is 6.08 Å². The van der Waals surface area contributed by atoms with Gasteiger partial charge in [0.05, 0.1) is 11.4 Å². The zero-order chi connectivity index (χ0) is 16.8. The van der Waals surface area contributed by atoms with Crippen LogP contribution in [0, 0.1) is 0 Å². The van der Waals surface area contributed by atoms with Crippen LogP contribution in [0.5, 0.6) is 0 Å². The number of aliphatic imine (C=N–C) groups is 1. The Bertz CT molecular complexity index is 862. The highest BCUT2D eigenvalue weighted by molar-refractivity contribution is 6.22. The third-order valence-corrected chi connectivity index (χ3v) is 4.89. The first-order valence-corrected chi connectivity index (χ1v) is 8.43. The summed E-state index contributed by atoms with van der Waals surface area (Å²) in [5.41, 5.74) is 7.72. The van der Waals surface area contributed by atoms with Crippen LogP contribution in [0.1, 0.15) is 26.2 Å². The molecule has 3 heterocycles. The van der Waals surface area contributed by atoms with E-state index in [0.717, 1.165) is 51.3 Å². The molecule has 0 radical (unpaired) electrons. The molecule has 3 aliphatic rings. The molecule has 0 spiro atoms. The maximum Gasteiger partial charge on any atom is 0.294 e. The van der Waals surface area contributed by atoms with Crippen LogP contribution in [0.4, 0.5) is 11.5 Å². The Morgan fingerprint density at radius 1 is 1.00 bits per heavy atom. The second-order valence-electron chi connectivity index (χ2n) is 6.56. The molecular weight excluding hydrogens is 306 g/mol. The lowest BCUT2D eigenvalue weighted by molar-refractivity contribution is -0.111. The number of hydrogen-bond acceptors (Lipinski definition) is 5. The Hall–Kier alpha value is -2.57. The summed E-state index contributed by atoms with van der Waals surface area (Å²) in [5, 5.41) is 0. The van der Waals surface area contributed by atoms with Gasteiger partial charge in [-0.2, -0.15) is 0 Å². The first-order valence-electron chi connectivity index (χ1n) is 8.43. The molecule has 0 atom stereocenters. The van der Waals surface area contributed by atoms with Crippen LogP contribution in [0.15, 0.2) is 33.2 Å². The fraction of sp³-hybridized carbons (Fsp3) is 0.471. The minimum Gasteiger partial charge on any atom is -0.397 e. The predicted octanol–water partition coefficient (Wildman–Crippen LogP) is 1.10. The molecule has 126 valence electrons. The fourth-order valence-electron chi connectivity index (χ4n) is 3.63. The van der Waals surface area contributed by atoms with E-state index in [1.807, 2.05) is 0 Å². The molecule has 4 rings (SSSR count). The molecule has 0 saturated carbocycles. The summed E-state index contributed by atoms with van der Waals surface area (Å²) in [6.45, 7) is 5.18. The molecule has 1 saturated heterocycles. The largest absolute Gasteiger partial charge is 0.397 e. The van der Waals surface area contributed by atoms with Crippen LogP contribution in [0.25, 0.3) is 0 Å². The van der Waals surface area contributed by atoms with Gasteiger partial charge in [-0.15, -0.1) is 0 Å². The molecule has 2 N–H and O–H groups in total. The average molecular weight is 327 g/mol. The first kappa shape index (κ1) is 15.0. The molecule has 24 heavy (non-hydrogen) atoms. The van der Waals surface area contributed by atoms with Crippen molar-refractivity contribution in [1.82, 2.24) is 9.36 Å². The van der Waals surface area contributed by atoms with Gasteiger partial charge in [-0.25, -0.2) is 9.67 Å². The summed E-state index contributed by atoms with van der Waals surface area (Å²) >= 11 is 0. The maximum absolute atomic E-state index is 12.8. The monoisotopic (exact) mass is 327 g/mol. The van der Waals surface area contributed by atoms with Crippen LogP contribution < -0.4 is 16.2 Å². The van der Waals surface area contributed by atoms with Crippen molar-refractivity contribution in [3.05, 3.63) is 33.8 Å². The number of ketones is 1. The molecule has 2 aliphatic heterocycles. The highest BCUT2D eigenvalue weighted by Crippen LogP contribution is 2.32. The topological polar surface area (TPSA) is 85.6 Å². The average Bonchev–Trinajstić information content (AvgIpc) is 3.26. The van der Waals surface area contributed by atoms with Gasteiger partial charge in [0.15, 0.2) is 17.3 Å². The molecule has 1 aromatic rings. The number of hydrogen-bond donors (Lipinski definition) is 1. The van der Waals surface area contributed by atoms with Gasteiger partial charge in [-0.1, -0.05) is 0 Å². The van der Waals surface area contributed by atoms with Crippen molar-refractivity contribution in [3.63, 3.8) is 0 Å². The summed E-state index contributed by atoms with van der Waals surface area (Å²) in [6.07, 6.45) is 6.28. The van der Waals surface area contributed by atoms with E-state index < -0.39 is 0 Å². The van der Waals surface area contributed by atoms with E-state index in [2.05, 4.69) is 14.6 Å². The highest BCUT2D eigenvalue weighted by Gasteiger charge is 2.29. The van der Waals surface area contributed by atoms with E-state index in [1.54, 1.807) is 17.7 Å². The molecule has 0 bridgehead atoms. The Kier molecular flexibility index (Phi) is 3.44. The van der Waals surface area contributed by atoms with Gasteiger partial charge < -0.3 is 10.6 Å². The van der Waals surface area contributed by atoms with Crippen LogP contribution >= 0.6 is 0 Å². The zero-order valence-corrected chi connectivity index (χ0v) is 13.8. The predicted molar refractivity (Wildman–Crippen MR) is 92.9 cm³/mol. The lowest BCUT2D eigenvalue weighted by atomic mass is 10.0. The van der Waals surface area contributed by atoms with E-state index in [4.69, 9.17) is 5.73 Å². The van der Waals surface area contributed by atoms with Gasteiger partial charge in [0.25, 0.3) is 5.56 Å². The number of nitrogens with zero attached hydrogens (tertiary/aromatic N) is 4. The third-order valence-electron chi connectivity index (χ3n) is 4.89. The van der Waals surface area contributed by atoms with E-state index in [-0.39, 0.29) is 11.3 Å². The fourth-order valence-corrected chi connectivity index (χ4v) is 3.63. The van der Waals surface area contributed by atoms with Crippen molar-refractivity contribution in [2.24, 2.45) is 10.7 Å². The summed E-state index contributed by atoms with van der Waals surface area (Å²) in [5.74, 6) is 0.792. The van der Waals surface area contributed by atoms with Gasteiger partial charge in [-0.3, -0.25) is 14.3 Å². The van der Waals surface area contributed by atoms with Crippen molar-refractivity contribution in [1.29, 1.82) is 0 Å². The smallest absolute Gasteiger partial charge is 0.294 e. The Morgan fingerprint density at radius 3 is 2.46 bits per heavy atom. The van der Waals surface area contributed by atoms with Gasteiger partial charge in [0.2, 0.25) is 0 Å². The minimum atomic E-state index is -0.109. The number of rotatable bonds is 2. The number of aromatic nitrogens is 2. The standard InChI is InChI=1S/C17H21N5O2/c1-11-9-13(12(18)10-14(11)23)19-15-16(20-5-2-3-6-20)21-7-4-8-22(21)17(15)24/h9-10H,2-8,18H2,1H3/b19-13+. The molecule has 7 heteroatoms. The number of carbonyl (C=O) groups is 1. The summed E-state index contributed by atoms with van der Waals surface area (Å²) in [4.78, 5) is 31.4. The molecule has 0 aromatic carbocycles. The minimum absolute atomic E-state index is 0.0716. The SMILES string of the molecule is CC1=C/C(=N\c2c(N3CCCC3)n3n(c2=O)CCC3)C(N)=CC1=O. The van der Waals surface area contributed by atoms with Crippen molar-refractivity contribution < 1.29 is 4.79 Å². The summed E-state index contributed by atoms with van der Waals surface area (Å²) in [6, 6.07) is 0. The number of allylic oxidation sites excluding steroid dienone is 3. The highest BCUT2D eigenvalue weighted by atomic mass is 16.1. The third kappa shape index (κ3) is 2.23. The van der Waals surface area contributed by atoms with Crippen LogP contribution in [-0.2, 0) is 17.9 Å². The molecule has 1 aliphatic carbocycles. The van der Waals surface area contributed by atoms with Gasteiger partial charge in [0.1, 0.15) is 0 Å². The molecular formula is C17H21N5O2. The Morgan fingerprint density at radius 2 is 1.71 bits per heavy atom.